The maximum absolute atomic E-state index is 13.6. The van der Waals surface area contributed by atoms with Gasteiger partial charge in [-0.15, -0.1) is 0 Å². The van der Waals surface area contributed by atoms with Crippen molar-refractivity contribution < 1.29 is 38.5 Å². The highest BCUT2D eigenvalue weighted by atomic mass is 16.5. The monoisotopic (exact) mass is 669 g/mol. The molecule has 5 aromatic rings. The molecule has 9 heteroatoms. The van der Waals surface area contributed by atoms with Crippen LogP contribution in [0.15, 0.2) is 127 Å². The zero-order valence-corrected chi connectivity index (χ0v) is 27.1. The van der Waals surface area contributed by atoms with Gasteiger partial charge in [0.15, 0.2) is 5.78 Å². The molecule has 1 aliphatic rings. The lowest BCUT2D eigenvalue weighted by molar-refractivity contribution is 0.0250. The van der Waals surface area contributed by atoms with Crippen molar-refractivity contribution in [1.29, 1.82) is 0 Å². The fraction of sp³-hybridized carbons (Fsp3) is 0.171. The number of hydrogen-bond acceptors (Lipinski definition) is 7. The van der Waals surface area contributed by atoms with E-state index in [0.717, 1.165) is 17.5 Å². The number of ketones is 1. The molecule has 0 unspecified atom stereocenters. The van der Waals surface area contributed by atoms with Gasteiger partial charge in [-0.1, -0.05) is 78.9 Å². The molecule has 9 nitrogen and oxygen atoms in total. The van der Waals surface area contributed by atoms with Gasteiger partial charge in [-0.3, -0.25) is 9.59 Å². The van der Waals surface area contributed by atoms with Crippen LogP contribution in [0, 0.1) is 0 Å². The molecule has 2 N–H and O–H groups in total. The number of carboxylic acids is 1. The topological polar surface area (TPSA) is 128 Å². The third-order valence-corrected chi connectivity index (χ3v) is 8.50. The van der Waals surface area contributed by atoms with Crippen LogP contribution >= 0.6 is 0 Å². The zero-order valence-electron chi connectivity index (χ0n) is 27.1. The van der Waals surface area contributed by atoms with Crippen LogP contribution in [0.25, 0.3) is 0 Å². The van der Waals surface area contributed by atoms with Crippen molar-refractivity contribution in [2.24, 2.45) is 0 Å². The second kappa shape index (κ2) is 15.8. The van der Waals surface area contributed by atoms with Crippen molar-refractivity contribution in [2.45, 2.75) is 44.6 Å². The van der Waals surface area contributed by atoms with E-state index in [4.69, 9.17) is 14.2 Å². The molecule has 0 aromatic heterocycles. The van der Waals surface area contributed by atoms with Crippen LogP contribution in [0.1, 0.15) is 77.4 Å². The lowest BCUT2D eigenvalue weighted by Crippen LogP contribution is -2.41. The summed E-state index contributed by atoms with van der Waals surface area (Å²) >= 11 is 0. The van der Waals surface area contributed by atoms with E-state index in [1.165, 1.54) is 36.4 Å². The fourth-order valence-corrected chi connectivity index (χ4v) is 5.83. The number of rotatable bonds is 13. The Bertz CT molecular complexity index is 1960. The van der Waals surface area contributed by atoms with E-state index in [1.807, 2.05) is 60.7 Å². The second-order valence-corrected chi connectivity index (χ2v) is 11.9. The van der Waals surface area contributed by atoms with Crippen LogP contribution in [0.5, 0.6) is 11.5 Å². The highest BCUT2D eigenvalue weighted by Gasteiger charge is 2.32. The van der Waals surface area contributed by atoms with E-state index in [9.17, 15) is 24.3 Å². The number of carbonyl (C=O) groups is 4. The third kappa shape index (κ3) is 8.25. The molecule has 1 amide bonds. The number of hydrogen-bond donors (Lipinski definition) is 2. The van der Waals surface area contributed by atoms with Gasteiger partial charge in [-0.2, -0.15) is 0 Å². The summed E-state index contributed by atoms with van der Waals surface area (Å²) in [6.45, 7) is 0.568. The molecule has 0 heterocycles. The van der Waals surface area contributed by atoms with E-state index in [0.29, 0.717) is 30.8 Å². The lowest BCUT2D eigenvalue weighted by Gasteiger charge is -2.21. The molecule has 1 aliphatic carbocycles. The van der Waals surface area contributed by atoms with Gasteiger partial charge in [0.2, 0.25) is 0 Å². The van der Waals surface area contributed by atoms with Gasteiger partial charge in [0.25, 0.3) is 5.91 Å². The number of ether oxygens (including phenoxy) is 3. The fourth-order valence-electron chi connectivity index (χ4n) is 5.83. The van der Waals surface area contributed by atoms with Gasteiger partial charge in [-0.25, -0.2) is 9.59 Å². The summed E-state index contributed by atoms with van der Waals surface area (Å²) in [5, 5.41) is 12.8. The Morgan fingerprint density at radius 1 is 0.640 bits per heavy atom. The van der Waals surface area contributed by atoms with Crippen molar-refractivity contribution in [3.63, 3.8) is 0 Å². The lowest BCUT2D eigenvalue weighted by atomic mass is 9.96. The van der Waals surface area contributed by atoms with Crippen LogP contribution in [-0.2, 0) is 18.0 Å². The predicted octanol–water partition coefficient (Wildman–Crippen LogP) is 7.28. The first kappa shape index (κ1) is 33.7. The number of carbonyl (C=O) groups excluding carboxylic acids is 3. The Balaban J connectivity index is 1.07. The molecule has 0 radical (unpaired) electrons. The van der Waals surface area contributed by atoms with Gasteiger partial charge < -0.3 is 24.6 Å². The molecular formula is C41H35NO8. The van der Waals surface area contributed by atoms with E-state index in [2.05, 4.69) is 5.32 Å². The van der Waals surface area contributed by atoms with Gasteiger partial charge in [0, 0.05) is 11.1 Å². The van der Waals surface area contributed by atoms with Gasteiger partial charge in [0.1, 0.15) is 30.8 Å². The van der Waals surface area contributed by atoms with E-state index < -0.39 is 23.8 Å². The van der Waals surface area contributed by atoms with Gasteiger partial charge >= 0.3 is 11.9 Å². The minimum absolute atomic E-state index is 0.0786. The van der Waals surface area contributed by atoms with E-state index in [1.54, 1.807) is 30.3 Å². The summed E-state index contributed by atoms with van der Waals surface area (Å²) in [6.07, 6.45) is 1.51. The summed E-state index contributed by atoms with van der Waals surface area (Å²) in [7, 11) is 0. The average molecular weight is 670 g/mol. The Hall–Kier alpha value is -6.22. The molecule has 252 valence electrons. The highest BCUT2D eigenvalue weighted by molar-refractivity contribution is 6.16. The number of carboxylic acid groups (broad SMARTS) is 1. The maximum atomic E-state index is 13.6. The van der Waals surface area contributed by atoms with E-state index in [-0.39, 0.29) is 46.6 Å². The smallest absolute Gasteiger partial charge is 0.338 e. The zero-order chi connectivity index (χ0) is 34.9. The Labute approximate surface area is 289 Å². The number of aromatic carboxylic acids is 1. The molecule has 5 aromatic carbocycles. The van der Waals surface area contributed by atoms with Crippen molar-refractivity contribution in [3.05, 3.63) is 166 Å². The molecule has 0 spiro atoms. The van der Waals surface area contributed by atoms with Crippen LogP contribution < -0.4 is 14.8 Å². The van der Waals surface area contributed by atoms with Gasteiger partial charge in [0.05, 0.1) is 22.7 Å². The second-order valence-electron chi connectivity index (χ2n) is 11.9. The molecule has 6 rings (SSSR count). The number of nitrogens with one attached hydrogen (secondary N) is 1. The van der Waals surface area contributed by atoms with Crippen molar-refractivity contribution in [2.75, 3.05) is 0 Å². The molecule has 50 heavy (non-hydrogen) atoms. The molecule has 1 saturated carbocycles. The highest BCUT2D eigenvalue weighted by Crippen LogP contribution is 2.28. The minimum Gasteiger partial charge on any atom is -0.489 e. The summed E-state index contributed by atoms with van der Waals surface area (Å²) in [5.74, 6) is -1.89. The predicted molar refractivity (Wildman–Crippen MR) is 186 cm³/mol. The first-order valence-corrected chi connectivity index (χ1v) is 16.3. The van der Waals surface area contributed by atoms with E-state index >= 15 is 0 Å². The standard InChI is InChI=1S/C41H35NO8/c43-38(37-33(40(45)46)13-7-16-36(37)49-26-28-11-5-2-6-12-28)29-17-19-31(20-18-29)41(47)50-35-15-8-14-34(35)42-39(44)30-21-23-32(24-22-30)48-25-27-9-3-1-4-10-27/h1-7,9-13,16-24,34-35H,8,14-15,25-26H2,(H,42,44)(H,45,46)/t34-,35-/m1/s1. The third-order valence-electron chi connectivity index (χ3n) is 8.50. The van der Waals surface area contributed by atoms with Crippen molar-refractivity contribution in [3.8, 4) is 11.5 Å². The SMILES string of the molecule is O=C(N[C@@H]1CCC[C@H]1OC(=O)c1ccc(C(=O)c2c(OCc3ccccc3)cccc2C(=O)O)cc1)c1ccc(OCc2ccccc2)cc1. The first-order chi connectivity index (χ1) is 24.4. The van der Waals surface area contributed by atoms with Crippen LogP contribution in [0.2, 0.25) is 0 Å². The summed E-state index contributed by atoms with van der Waals surface area (Å²) < 4.78 is 17.5. The summed E-state index contributed by atoms with van der Waals surface area (Å²) in [5.41, 5.74) is 2.50. The van der Waals surface area contributed by atoms with Crippen molar-refractivity contribution >= 4 is 23.6 Å². The molecule has 0 saturated heterocycles. The maximum Gasteiger partial charge on any atom is 0.338 e. The molecule has 2 atom stereocenters. The Kier molecular flexibility index (Phi) is 10.6. The minimum atomic E-state index is -1.26. The first-order valence-electron chi connectivity index (χ1n) is 16.3. The van der Waals surface area contributed by atoms with Crippen LogP contribution in [-0.4, -0.2) is 40.9 Å². The van der Waals surface area contributed by atoms with Gasteiger partial charge in [-0.05, 0) is 78.9 Å². The Morgan fingerprint density at radius 2 is 1.24 bits per heavy atom. The van der Waals surface area contributed by atoms with Crippen LogP contribution in [0.3, 0.4) is 0 Å². The Morgan fingerprint density at radius 3 is 1.88 bits per heavy atom. The number of benzene rings is 5. The van der Waals surface area contributed by atoms with Crippen LogP contribution in [0.4, 0.5) is 0 Å². The molecule has 0 bridgehead atoms. The molecule has 1 fully saturated rings. The molecular weight excluding hydrogens is 634 g/mol. The average Bonchev–Trinajstić information content (AvgIpc) is 3.59. The van der Waals surface area contributed by atoms with Crippen molar-refractivity contribution in [1.82, 2.24) is 5.32 Å². The quantitative estimate of drug-likeness (QED) is 0.0989. The summed E-state index contributed by atoms with van der Waals surface area (Å²) in [6, 6.07) is 35.9. The number of esters is 1. The molecule has 0 aliphatic heterocycles. The summed E-state index contributed by atoms with van der Waals surface area (Å²) in [4.78, 5) is 51.9. The number of amides is 1. The normalized spacial score (nSPS) is 15.1. The largest absolute Gasteiger partial charge is 0.489 e.